The number of amides is 1. The minimum absolute atomic E-state index is 0.0467. The topological polar surface area (TPSA) is 58.4 Å². The molecule has 0 radical (unpaired) electrons. The molecule has 1 amide bonds. The van der Waals surface area contributed by atoms with Gasteiger partial charge in [-0.3, -0.25) is 9.69 Å². The zero-order chi connectivity index (χ0) is 24.8. The van der Waals surface area contributed by atoms with Gasteiger partial charge in [-0.15, -0.1) is 0 Å². The second-order valence-corrected chi connectivity index (χ2v) is 9.09. The Labute approximate surface area is 207 Å². The van der Waals surface area contributed by atoms with Gasteiger partial charge in [-0.2, -0.15) is 0 Å². The molecule has 1 aliphatic heterocycles. The van der Waals surface area contributed by atoms with Crippen molar-refractivity contribution in [3.63, 3.8) is 0 Å². The monoisotopic (exact) mass is 477 g/mol. The third-order valence-electron chi connectivity index (χ3n) is 6.49. The molecular weight excluding hydrogens is 442 g/mol. The van der Waals surface area contributed by atoms with Crippen LogP contribution < -0.4 is 14.4 Å². The van der Waals surface area contributed by atoms with Gasteiger partial charge in [0, 0.05) is 44.5 Å². The highest BCUT2D eigenvalue weighted by Gasteiger charge is 2.25. The summed E-state index contributed by atoms with van der Waals surface area (Å²) in [5.74, 6) is 2.85. The Morgan fingerprint density at radius 2 is 1.63 bits per heavy atom. The number of methoxy groups -OCH3 is 2. The van der Waals surface area contributed by atoms with Gasteiger partial charge in [0.15, 0.2) is 5.76 Å². The summed E-state index contributed by atoms with van der Waals surface area (Å²) in [5.41, 5.74) is 2.32. The lowest BCUT2D eigenvalue weighted by Crippen LogP contribution is -2.48. The number of ether oxygens (including phenoxy) is 2. The van der Waals surface area contributed by atoms with Crippen LogP contribution in [0.25, 0.3) is 0 Å². The molecule has 1 aliphatic rings. The molecule has 7 nitrogen and oxygen atoms in total. The molecule has 35 heavy (non-hydrogen) atoms. The smallest absolute Gasteiger partial charge is 0.289 e. The minimum atomic E-state index is -0.0467. The Bertz CT molecular complexity index is 1100. The average Bonchev–Trinajstić information content (AvgIpc) is 3.36. The Morgan fingerprint density at radius 3 is 2.29 bits per heavy atom. The zero-order valence-electron chi connectivity index (χ0n) is 21.1. The third kappa shape index (κ3) is 6.17. The number of carbonyl (C=O) groups excluding carboxylic acids is 1. The molecule has 4 rings (SSSR count). The van der Waals surface area contributed by atoms with Crippen LogP contribution in [0, 0.1) is 0 Å². The molecule has 0 unspecified atom stereocenters. The van der Waals surface area contributed by atoms with E-state index in [9.17, 15) is 4.79 Å². The van der Waals surface area contributed by atoms with E-state index in [0.717, 1.165) is 42.6 Å². The Kier molecular flexibility index (Phi) is 7.98. The average molecular weight is 478 g/mol. The molecule has 2 aromatic carbocycles. The van der Waals surface area contributed by atoms with Gasteiger partial charge in [0.05, 0.1) is 20.8 Å². The molecule has 1 fully saturated rings. The number of anilines is 1. The van der Waals surface area contributed by atoms with Gasteiger partial charge >= 0.3 is 0 Å². The molecule has 3 aromatic rings. The highest BCUT2D eigenvalue weighted by molar-refractivity contribution is 5.91. The summed E-state index contributed by atoms with van der Waals surface area (Å²) in [4.78, 5) is 19.6. The summed E-state index contributed by atoms with van der Waals surface area (Å²) < 4.78 is 16.6. The van der Waals surface area contributed by atoms with Crippen molar-refractivity contribution in [2.75, 3.05) is 45.3 Å². The normalized spacial score (nSPS) is 14.0. The van der Waals surface area contributed by atoms with Crippen molar-refractivity contribution in [1.29, 1.82) is 0 Å². The van der Waals surface area contributed by atoms with Crippen LogP contribution in [-0.4, -0.2) is 62.1 Å². The molecule has 1 saturated heterocycles. The molecule has 2 heterocycles. The molecule has 186 valence electrons. The number of piperazine rings is 1. The van der Waals surface area contributed by atoms with Gasteiger partial charge in [-0.05, 0) is 67.9 Å². The summed E-state index contributed by atoms with van der Waals surface area (Å²) >= 11 is 0. The molecule has 1 aromatic heterocycles. The fraction of sp³-hybridized carbons (Fsp3) is 0.393. The Morgan fingerprint density at radius 1 is 0.914 bits per heavy atom. The Hall–Kier alpha value is -3.45. The lowest BCUT2D eigenvalue weighted by Gasteiger charge is -2.35. The van der Waals surface area contributed by atoms with Crippen LogP contribution >= 0.6 is 0 Å². The lowest BCUT2D eigenvalue weighted by atomic mass is 10.1. The van der Waals surface area contributed by atoms with Crippen molar-refractivity contribution < 1.29 is 18.7 Å². The first-order chi connectivity index (χ1) is 17.0. The summed E-state index contributed by atoms with van der Waals surface area (Å²) in [7, 11) is 3.35. The lowest BCUT2D eigenvalue weighted by molar-refractivity contribution is 0.0709. The minimum Gasteiger partial charge on any atom is -0.497 e. The van der Waals surface area contributed by atoms with E-state index in [1.807, 2.05) is 35.2 Å². The van der Waals surface area contributed by atoms with Crippen molar-refractivity contribution in [2.45, 2.75) is 33.0 Å². The maximum Gasteiger partial charge on any atom is 0.289 e. The highest BCUT2D eigenvalue weighted by Crippen LogP contribution is 2.22. The van der Waals surface area contributed by atoms with Crippen LogP contribution in [0.5, 0.6) is 11.5 Å². The van der Waals surface area contributed by atoms with Gasteiger partial charge in [0.25, 0.3) is 5.91 Å². The molecule has 0 saturated carbocycles. The zero-order valence-corrected chi connectivity index (χ0v) is 21.1. The molecule has 0 aliphatic carbocycles. The molecule has 0 N–H and O–H groups in total. The fourth-order valence-electron chi connectivity index (χ4n) is 4.32. The second kappa shape index (κ2) is 11.3. The van der Waals surface area contributed by atoms with Crippen LogP contribution in [-0.2, 0) is 13.1 Å². The van der Waals surface area contributed by atoms with Crippen molar-refractivity contribution in [3.05, 3.63) is 77.7 Å². The maximum absolute atomic E-state index is 13.1. The highest BCUT2D eigenvalue weighted by atomic mass is 16.5. The first-order valence-corrected chi connectivity index (χ1v) is 12.1. The number of hydrogen-bond acceptors (Lipinski definition) is 6. The van der Waals surface area contributed by atoms with Gasteiger partial charge in [0.1, 0.15) is 17.3 Å². The van der Waals surface area contributed by atoms with E-state index in [-0.39, 0.29) is 5.91 Å². The van der Waals surface area contributed by atoms with Crippen molar-refractivity contribution in [2.24, 2.45) is 0 Å². The first kappa shape index (κ1) is 24.7. The number of rotatable bonds is 9. The van der Waals surface area contributed by atoms with E-state index in [1.54, 1.807) is 20.3 Å². The van der Waals surface area contributed by atoms with Gasteiger partial charge in [-0.25, -0.2) is 0 Å². The summed E-state index contributed by atoms with van der Waals surface area (Å²) in [6.07, 6.45) is 0. The number of nitrogens with zero attached hydrogens (tertiary/aromatic N) is 3. The van der Waals surface area contributed by atoms with E-state index in [0.29, 0.717) is 31.4 Å². The van der Waals surface area contributed by atoms with E-state index in [1.165, 1.54) is 5.56 Å². The second-order valence-electron chi connectivity index (χ2n) is 9.09. The predicted molar refractivity (Wildman–Crippen MR) is 137 cm³/mol. The number of carbonyl (C=O) groups is 1. The summed E-state index contributed by atoms with van der Waals surface area (Å²) in [6.45, 7) is 8.62. The first-order valence-electron chi connectivity index (χ1n) is 12.1. The van der Waals surface area contributed by atoms with E-state index in [2.05, 4.69) is 47.9 Å². The Balaban J connectivity index is 1.34. The van der Waals surface area contributed by atoms with Gasteiger partial charge in [-0.1, -0.05) is 12.1 Å². The van der Waals surface area contributed by atoms with E-state index in [4.69, 9.17) is 13.9 Å². The number of furan rings is 1. The van der Waals surface area contributed by atoms with Crippen molar-refractivity contribution in [1.82, 2.24) is 9.80 Å². The number of benzene rings is 2. The van der Waals surface area contributed by atoms with Gasteiger partial charge < -0.3 is 23.7 Å². The fourth-order valence-corrected chi connectivity index (χ4v) is 4.32. The molecule has 0 atom stereocenters. The molecule has 0 bridgehead atoms. The molecular formula is C28H35N3O4. The van der Waals surface area contributed by atoms with Crippen molar-refractivity contribution >= 4 is 11.6 Å². The van der Waals surface area contributed by atoms with Crippen LogP contribution in [0.3, 0.4) is 0 Å². The predicted octanol–water partition coefficient (Wildman–Crippen LogP) is 4.67. The maximum atomic E-state index is 13.1. The van der Waals surface area contributed by atoms with Crippen LogP contribution in [0.15, 0.2) is 65.1 Å². The van der Waals surface area contributed by atoms with Crippen LogP contribution in [0.1, 0.15) is 35.7 Å². The quantitative estimate of drug-likeness (QED) is 0.446. The van der Waals surface area contributed by atoms with Crippen molar-refractivity contribution in [3.8, 4) is 11.5 Å². The molecule has 7 heteroatoms. The summed E-state index contributed by atoms with van der Waals surface area (Å²) in [5, 5.41) is 0. The summed E-state index contributed by atoms with van der Waals surface area (Å²) in [6, 6.07) is 20.2. The molecule has 0 spiro atoms. The van der Waals surface area contributed by atoms with Crippen LogP contribution in [0.2, 0.25) is 0 Å². The van der Waals surface area contributed by atoms with Crippen LogP contribution in [0.4, 0.5) is 5.69 Å². The SMILES string of the molecule is COc1ccc(N2CCN(C(=O)c3ccc(CN(Cc4cccc(OC)c4)C(C)C)o3)CC2)cc1. The third-order valence-corrected chi connectivity index (χ3v) is 6.49. The largest absolute Gasteiger partial charge is 0.497 e. The standard InChI is InChI=1S/C28H35N3O4/c1-21(2)31(19-22-6-5-7-25(18-22)34-4)20-26-12-13-27(35-26)28(32)30-16-14-29(15-17-30)23-8-10-24(33-3)11-9-23/h5-13,18,21H,14-17,19-20H2,1-4H3. The van der Waals surface area contributed by atoms with E-state index >= 15 is 0 Å². The van der Waals surface area contributed by atoms with Gasteiger partial charge in [0.2, 0.25) is 0 Å². The van der Waals surface area contributed by atoms with E-state index < -0.39 is 0 Å². The number of hydrogen-bond donors (Lipinski definition) is 0.